The molecule has 0 spiro atoms. The van der Waals surface area contributed by atoms with Crippen LogP contribution in [0, 0.1) is 0 Å². The van der Waals surface area contributed by atoms with E-state index in [4.69, 9.17) is 67.8 Å². The monoisotopic (exact) mass is 1870 g/mol. The van der Waals surface area contributed by atoms with Crippen molar-refractivity contribution in [2.75, 3.05) is 0 Å². The average Bonchev–Trinajstić information content (AvgIpc) is 1.59. The number of rotatable bonds is 16. The van der Waals surface area contributed by atoms with E-state index in [1.165, 1.54) is 0 Å². The first-order chi connectivity index (χ1) is 50.6. The molecule has 0 saturated carbocycles. The maximum absolute atomic E-state index is 6.84. The van der Waals surface area contributed by atoms with Gasteiger partial charge in [0.25, 0.3) is 0 Å². The summed E-state index contributed by atoms with van der Waals surface area (Å²) < 4.78 is 61.2. The van der Waals surface area contributed by atoms with Gasteiger partial charge in [-0.3, -0.25) is 0 Å². The van der Waals surface area contributed by atoms with E-state index in [-0.39, 0.29) is 23.3 Å². The molecule has 0 amide bonds. The molecule has 12 aromatic carbocycles. The molecule has 0 atom stereocenters. The minimum Gasteiger partial charge on any atom is -0.453 e. The van der Waals surface area contributed by atoms with Crippen molar-refractivity contribution in [1.82, 2.24) is 39.9 Å². The number of benzene rings is 12. The third-order valence-corrected chi connectivity index (χ3v) is 20.2. The number of nitrogens with zero attached hydrogens (tertiary/aromatic N) is 6. The summed E-state index contributed by atoms with van der Waals surface area (Å²) in [5.41, 5.74) is 3.48. The molecule has 24 heteroatoms. The van der Waals surface area contributed by atoms with Gasteiger partial charge in [0.05, 0.1) is 0 Å². The highest BCUT2D eigenvalue weighted by molar-refractivity contribution is 9.11. The number of nitrogens with one attached hydrogen (secondary N) is 2. The first kappa shape index (κ1) is 67.4. The summed E-state index contributed by atoms with van der Waals surface area (Å²) in [5.74, 6) is 8.02. The Bertz CT molecular complexity index is 5470. The van der Waals surface area contributed by atoms with Gasteiger partial charge < -0.3 is 47.9 Å². The molecule has 8 bridgehead atoms. The zero-order valence-corrected chi connectivity index (χ0v) is 65.8. The van der Waals surface area contributed by atoms with Crippen molar-refractivity contribution in [2.45, 2.75) is 0 Å². The van der Waals surface area contributed by atoms with Crippen molar-refractivity contribution in [1.29, 1.82) is 0 Å². The summed E-state index contributed by atoms with van der Waals surface area (Å²) in [4.78, 5) is 40.2. The van der Waals surface area contributed by atoms with Crippen LogP contribution in [-0.4, -0.2) is 39.9 Å². The van der Waals surface area contributed by atoms with Gasteiger partial charge in [-0.05, 0) is 194 Å². The van der Waals surface area contributed by atoms with Crippen LogP contribution in [0.15, 0.2) is 278 Å². The molecular formula is C80H42Br8N8O8. The van der Waals surface area contributed by atoms with Gasteiger partial charge in [-0.2, -0.15) is 0 Å². The standard InChI is InChI=1S/C80H42Br8N8O8/c81-41-9-1-17-49(25-41)97-65-33-57-58(34-66(65)98-50-18-2-10-42(82)26-50)74-89-73(57)93-75-59-35-67(99-51-19-3-11-43(83)27-51)68(100-52-20-4-12-44(84)28-52)36-60(59)77(90-75)95-79-63-39-71(103-55-23-7-15-47(87)31-55)72(104-56-24-8-16-48(88)32-56)40-64(63)80(92-79)96-78-62-38-70(102-54-22-6-14-46(86)30-54)69(37-61(62)76(91-78)94-74)101-53-21-5-13-45(85)29-53/h1-40H,(H2,89,90,91,92,93,94,95,96). The van der Waals surface area contributed by atoms with Crippen LogP contribution in [0.1, 0.15) is 0 Å². The molecule has 0 radical (unpaired) electrons. The summed E-state index contributed by atoms with van der Waals surface area (Å²) in [5, 5.41) is 2.27. The summed E-state index contributed by atoms with van der Waals surface area (Å²) in [6, 6.07) is 75.3. The number of halogens is 8. The van der Waals surface area contributed by atoms with Crippen LogP contribution in [0.4, 0.5) is 0 Å². The minimum absolute atomic E-state index is 0.244. The maximum atomic E-state index is 6.84. The number of aromatic nitrogens is 8. The van der Waals surface area contributed by atoms with Crippen LogP contribution in [0.25, 0.3) is 89.7 Å². The third-order valence-electron chi connectivity index (χ3n) is 16.3. The van der Waals surface area contributed by atoms with Gasteiger partial charge in [-0.15, -0.1) is 0 Å². The van der Waals surface area contributed by atoms with Crippen LogP contribution >= 0.6 is 127 Å². The lowest BCUT2D eigenvalue weighted by Gasteiger charge is -2.15. The van der Waals surface area contributed by atoms with Crippen LogP contribution in [0.3, 0.4) is 0 Å². The lowest BCUT2D eigenvalue weighted by molar-refractivity contribution is 0.419. The fraction of sp³-hybridized carbons (Fsp3) is 0. The lowest BCUT2D eigenvalue weighted by Crippen LogP contribution is -1.93. The van der Waals surface area contributed by atoms with Crippen LogP contribution in [0.5, 0.6) is 92.0 Å². The zero-order chi connectivity index (χ0) is 70.7. The van der Waals surface area contributed by atoms with Gasteiger partial charge in [0.1, 0.15) is 68.6 Å². The third kappa shape index (κ3) is 14.5. The Morgan fingerprint density at radius 1 is 0.192 bits per heavy atom. The Morgan fingerprint density at radius 2 is 0.356 bits per heavy atom. The fourth-order valence-corrected chi connectivity index (χ4v) is 14.7. The smallest absolute Gasteiger partial charge is 0.170 e. The van der Waals surface area contributed by atoms with Crippen molar-refractivity contribution < 1.29 is 37.9 Å². The number of ether oxygens (including phenoxy) is 8. The van der Waals surface area contributed by atoms with Gasteiger partial charge in [0.15, 0.2) is 69.3 Å². The maximum Gasteiger partial charge on any atom is 0.170 e. The lowest BCUT2D eigenvalue weighted by atomic mass is 10.1. The molecule has 0 unspecified atom stereocenters. The van der Waals surface area contributed by atoms with Gasteiger partial charge in [-0.25, -0.2) is 29.9 Å². The SMILES string of the molecule is Brc1cccc(Oc2cc3c(cc2Oc2cccc(Br)c2)-c2nc-3nc3[nH]c(nc4nc(nc5[nH]c(n2)c2cc(Oc6cccc(Br)c6)c(Oc6cccc(Br)c6)cc52)-c2cc(Oc5cccc(Br)c5)c(Oc5cccc(Br)c5)cc2-4)c2cc(Oc4cccc(Br)c4)c(Oc4cccc(Br)c4)cc32)c1. The number of aromatic amines is 2. The second-order valence-corrected chi connectivity index (χ2v) is 30.8. The Balaban J connectivity index is 0.995. The molecule has 17 rings (SSSR count). The molecule has 2 N–H and O–H groups in total. The minimum atomic E-state index is 0.244. The van der Waals surface area contributed by atoms with Crippen LogP contribution in [-0.2, 0) is 0 Å². The normalized spacial score (nSPS) is 11.5. The van der Waals surface area contributed by atoms with Crippen LogP contribution < -0.4 is 37.9 Å². The highest BCUT2D eigenvalue weighted by Crippen LogP contribution is 2.50. The van der Waals surface area contributed by atoms with E-state index in [0.717, 1.165) is 35.8 Å². The predicted molar refractivity (Wildman–Crippen MR) is 430 cm³/mol. The highest BCUT2D eigenvalue weighted by atomic mass is 79.9. The van der Waals surface area contributed by atoms with E-state index in [2.05, 4.69) is 137 Å². The van der Waals surface area contributed by atoms with E-state index in [1.54, 1.807) is 0 Å². The number of H-pyrrole nitrogens is 2. The second-order valence-electron chi connectivity index (χ2n) is 23.5. The average molecular weight is 1880 g/mol. The summed E-state index contributed by atoms with van der Waals surface area (Å²) >= 11 is 29.2. The molecule has 16 nitrogen and oxygen atoms in total. The number of hydrogen-bond donors (Lipinski definition) is 2. The Morgan fingerprint density at radius 3 is 0.519 bits per heavy atom. The Kier molecular flexibility index (Phi) is 18.6. The predicted octanol–water partition coefficient (Wildman–Crippen LogP) is 27.3. The number of hydrogen-bond acceptors (Lipinski definition) is 14. The van der Waals surface area contributed by atoms with E-state index < -0.39 is 0 Å². The second kappa shape index (κ2) is 28.7. The quantitative estimate of drug-likeness (QED) is 0.0932. The highest BCUT2D eigenvalue weighted by Gasteiger charge is 2.29. The van der Waals surface area contributed by atoms with Gasteiger partial charge in [-0.1, -0.05) is 176 Å². The molecule has 2 aliphatic rings. The Hall–Kier alpha value is -9.76. The molecule has 15 aromatic rings. The molecule has 104 heavy (non-hydrogen) atoms. The van der Waals surface area contributed by atoms with Crippen molar-refractivity contribution in [3.8, 4) is 138 Å². The summed E-state index contributed by atoms with van der Waals surface area (Å²) in [6.07, 6.45) is 0. The molecule has 5 heterocycles. The molecule has 3 aromatic heterocycles. The van der Waals surface area contributed by atoms with Crippen LogP contribution in [0.2, 0.25) is 0 Å². The van der Waals surface area contributed by atoms with E-state index in [9.17, 15) is 0 Å². The van der Waals surface area contributed by atoms with Crippen molar-refractivity contribution >= 4 is 172 Å². The van der Waals surface area contributed by atoms with Crippen molar-refractivity contribution in [2.24, 2.45) is 0 Å². The Labute approximate surface area is 658 Å². The first-order valence-corrected chi connectivity index (χ1v) is 38.0. The zero-order valence-electron chi connectivity index (χ0n) is 53.1. The largest absolute Gasteiger partial charge is 0.453 e. The summed E-state index contributed by atoms with van der Waals surface area (Å²) in [6.45, 7) is 0. The van der Waals surface area contributed by atoms with Crippen molar-refractivity contribution in [3.05, 3.63) is 278 Å². The topological polar surface area (TPSA) is 183 Å². The number of fused-ring (bicyclic) bond motifs is 20. The molecule has 0 saturated heterocycles. The molecule has 506 valence electrons. The first-order valence-electron chi connectivity index (χ1n) is 31.7. The fourth-order valence-electron chi connectivity index (χ4n) is 11.7. The molecule has 0 fully saturated rings. The van der Waals surface area contributed by atoms with E-state index in [1.807, 2.05) is 243 Å². The molecule has 0 aliphatic carbocycles. The molecular weight excluding hydrogens is 1840 g/mol. The summed E-state index contributed by atoms with van der Waals surface area (Å²) in [7, 11) is 0. The molecule has 2 aliphatic heterocycles. The van der Waals surface area contributed by atoms with Crippen molar-refractivity contribution in [3.63, 3.8) is 0 Å². The van der Waals surface area contributed by atoms with Gasteiger partial charge in [0.2, 0.25) is 0 Å². The van der Waals surface area contributed by atoms with Gasteiger partial charge in [0, 0.05) is 79.6 Å². The van der Waals surface area contributed by atoms with E-state index >= 15 is 0 Å². The van der Waals surface area contributed by atoms with E-state index in [0.29, 0.717) is 158 Å². The van der Waals surface area contributed by atoms with Gasteiger partial charge >= 0.3 is 0 Å².